The molecular formula is C21H29N4O2S+. The van der Waals surface area contributed by atoms with E-state index in [9.17, 15) is 10.0 Å². The maximum Gasteiger partial charge on any atom is 0.229 e. The highest BCUT2D eigenvalue weighted by Crippen LogP contribution is 2.30. The second-order valence-corrected chi connectivity index (χ2v) is 8.43. The molecule has 0 spiro atoms. The maximum absolute atomic E-state index is 12.5. The molecule has 0 fully saturated rings. The highest BCUT2D eigenvalue weighted by Gasteiger charge is 2.21. The van der Waals surface area contributed by atoms with Crippen molar-refractivity contribution in [2.24, 2.45) is 5.73 Å². The summed E-state index contributed by atoms with van der Waals surface area (Å²) in [5, 5.41) is 19.8. The molecule has 1 aromatic carbocycles. The molecule has 0 unspecified atom stereocenters. The lowest BCUT2D eigenvalue weighted by atomic mass is 9.82. The number of benzene rings is 1. The molecule has 0 saturated carbocycles. The van der Waals surface area contributed by atoms with Crippen LogP contribution in [0.1, 0.15) is 38.7 Å². The van der Waals surface area contributed by atoms with Gasteiger partial charge in [0, 0.05) is 17.0 Å². The van der Waals surface area contributed by atoms with Gasteiger partial charge in [-0.25, -0.2) is 5.21 Å². The molecule has 0 aliphatic heterocycles. The fraction of sp³-hybridized carbons (Fsp3) is 0.333. The normalized spacial score (nSPS) is 14.1. The van der Waals surface area contributed by atoms with Crippen molar-refractivity contribution in [3.63, 3.8) is 0 Å². The van der Waals surface area contributed by atoms with Gasteiger partial charge >= 0.3 is 0 Å². The summed E-state index contributed by atoms with van der Waals surface area (Å²) in [4.78, 5) is 12.5. The van der Waals surface area contributed by atoms with E-state index >= 15 is 0 Å². The Hall–Kier alpha value is -2.35. The summed E-state index contributed by atoms with van der Waals surface area (Å²) in [6, 6.07) is 7.85. The van der Waals surface area contributed by atoms with Crippen LogP contribution in [0, 0.1) is 5.41 Å². The number of nitrogens with one attached hydrogen (secondary N) is 2. The van der Waals surface area contributed by atoms with E-state index in [1.165, 1.54) is 11.8 Å². The molecule has 0 aromatic heterocycles. The van der Waals surface area contributed by atoms with Crippen LogP contribution < -0.4 is 16.5 Å². The summed E-state index contributed by atoms with van der Waals surface area (Å²) >= 11 is 1.34. The number of quaternary nitrogens is 1. The Morgan fingerprint density at radius 2 is 2.21 bits per heavy atom. The van der Waals surface area contributed by atoms with Gasteiger partial charge in [-0.05, 0) is 42.0 Å². The topological polar surface area (TPSA) is 116 Å². The quantitative estimate of drug-likeness (QED) is 0.261. The third-order valence-corrected chi connectivity index (χ3v) is 5.40. The van der Waals surface area contributed by atoms with Crippen molar-refractivity contribution in [3.05, 3.63) is 65.4 Å². The number of carbonyl (C=O) groups excluding carboxylic acids is 1. The average Bonchev–Trinajstić information content (AvgIpc) is 2.86. The number of amidine groups is 1. The number of hydrogen-bond acceptors (Lipinski definition) is 4. The zero-order valence-electron chi connectivity index (χ0n) is 16.4. The van der Waals surface area contributed by atoms with Crippen LogP contribution >= 0.6 is 11.8 Å². The molecular weight excluding hydrogens is 372 g/mol. The molecule has 0 atom stereocenters. The highest BCUT2D eigenvalue weighted by molar-refractivity contribution is 8.13. The average molecular weight is 402 g/mol. The third-order valence-electron chi connectivity index (χ3n) is 4.68. The van der Waals surface area contributed by atoms with Gasteiger partial charge in [0.1, 0.15) is 0 Å². The van der Waals surface area contributed by atoms with Crippen molar-refractivity contribution < 1.29 is 15.5 Å². The lowest BCUT2D eigenvalue weighted by molar-refractivity contribution is -0.849. The molecule has 28 heavy (non-hydrogen) atoms. The largest absolute Gasteiger partial charge is 0.379 e. The molecule has 7 N–H and O–H groups in total. The second-order valence-electron chi connectivity index (χ2n) is 7.30. The van der Waals surface area contributed by atoms with Crippen molar-refractivity contribution in [2.75, 3.05) is 11.1 Å². The second kappa shape index (κ2) is 10.3. The Morgan fingerprint density at radius 3 is 2.93 bits per heavy atom. The van der Waals surface area contributed by atoms with Crippen molar-refractivity contribution in [1.29, 1.82) is 5.41 Å². The van der Waals surface area contributed by atoms with E-state index in [4.69, 9.17) is 11.1 Å². The van der Waals surface area contributed by atoms with Gasteiger partial charge in [0.15, 0.2) is 10.9 Å². The van der Waals surface area contributed by atoms with Gasteiger partial charge in [0.25, 0.3) is 0 Å². The molecule has 1 aliphatic carbocycles. The predicted molar refractivity (Wildman–Crippen MR) is 115 cm³/mol. The third kappa shape index (κ3) is 6.67. The number of hydroxylamine groups is 1. The lowest BCUT2D eigenvalue weighted by Crippen LogP contribution is -2.78. The fourth-order valence-electron chi connectivity index (χ4n) is 2.94. The van der Waals surface area contributed by atoms with Gasteiger partial charge in [-0.1, -0.05) is 56.0 Å². The number of allylic oxidation sites excluding steroid dienone is 5. The van der Waals surface area contributed by atoms with Crippen LogP contribution in [0.2, 0.25) is 0 Å². The molecule has 1 amide bonds. The number of hydrogen-bond donors (Lipinski definition) is 5. The van der Waals surface area contributed by atoms with Crippen LogP contribution in [-0.2, 0) is 10.2 Å². The summed E-state index contributed by atoms with van der Waals surface area (Å²) in [5.74, 6) is 0.643. The minimum Gasteiger partial charge on any atom is -0.379 e. The number of amides is 1. The van der Waals surface area contributed by atoms with Crippen LogP contribution in [0.25, 0.3) is 0 Å². The van der Waals surface area contributed by atoms with Crippen LogP contribution in [0.5, 0.6) is 0 Å². The predicted octanol–water partition coefficient (Wildman–Crippen LogP) is 3.03. The Morgan fingerprint density at radius 1 is 1.43 bits per heavy atom. The molecule has 7 heteroatoms. The standard InChI is InChI=1S/C21H28N4O2S/c1-21(2,11-12-28-20(22)23)16-8-6-9-17(14-16)24-19(26)13-15-7-4-3-5-10-18(15)25-27/h3-4,6-10,14,25,27H,5,11-13H2,1-2H3,(H3,22,23)(H,24,26)/p+1. The molecule has 1 aromatic rings. The molecule has 1 aliphatic rings. The summed E-state index contributed by atoms with van der Waals surface area (Å²) in [6.45, 7) is 4.29. The van der Waals surface area contributed by atoms with Gasteiger partial charge in [-0.2, -0.15) is 5.48 Å². The van der Waals surface area contributed by atoms with Crippen LogP contribution in [0.3, 0.4) is 0 Å². The van der Waals surface area contributed by atoms with Crippen molar-refractivity contribution >= 4 is 28.5 Å². The molecule has 150 valence electrons. The fourth-order valence-corrected chi connectivity index (χ4v) is 3.77. The number of thioether (sulfide) groups is 1. The number of rotatable bonds is 8. The lowest BCUT2D eigenvalue weighted by Gasteiger charge is -2.25. The maximum atomic E-state index is 12.5. The van der Waals surface area contributed by atoms with E-state index < -0.39 is 0 Å². The van der Waals surface area contributed by atoms with Gasteiger partial charge < -0.3 is 11.1 Å². The van der Waals surface area contributed by atoms with Crippen LogP contribution in [-0.4, -0.2) is 22.0 Å². The number of anilines is 1. The van der Waals surface area contributed by atoms with Crippen LogP contribution in [0.4, 0.5) is 5.69 Å². The van der Waals surface area contributed by atoms with E-state index in [2.05, 4.69) is 19.2 Å². The van der Waals surface area contributed by atoms with Gasteiger partial charge in [0.05, 0.1) is 6.42 Å². The van der Waals surface area contributed by atoms with Gasteiger partial charge in [-0.3, -0.25) is 10.2 Å². The van der Waals surface area contributed by atoms with Crippen molar-refractivity contribution in [1.82, 2.24) is 0 Å². The number of carbonyl (C=O) groups is 1. The van der Waals surface area contributed by atoms with Gasteiger partial charge in [0.2, 0.25) is 5.91 Å². The van der Waals surface area contributed by atoms with E-state index in [1.54, 1.807) is 0 Å². The Kier molecular flexibility index (Phi) is 8.04. The van der Waals surface area contributed by atoms with Crippen molar-refractivity contribution in [2.45, 2.75) is 38.5 Å². The molecule has 0 saturated heterocycles. The van der Waals surface area contributed by atoms with Crippen molar-refractivity contribution in [3.8, 4) is 0 Å². The Balaban J connectivity index is 2.03. The first-order valence-electron chi connectivity index (χ1n) is 9.23. The molecule has 6 nitrogen and oxygen atoms in total. The summed E-state index contributed by atoms with van der Waals surface area (Å²) in [5.41, 5.74) is 9.70. The first-order valence-corrected chi connectivity index (χ1v) is 10.2. The SMILES string of the molecule is CC(C)(CCSC(=N)N)c1cccc(NC(=O)CC2=CC=CCC=C2[NH2+]O)c1. The zero-order valence-corrected chi connectivity index (χ0v) is 17.2. The summed E-state index contributed by atoms with van der Waals surface area (Å²) < 4.78 is 0. The van der Waals surface area contributed by atoms with E-state index in [0.717, 1.165) is 40.9 Å². The molecule has 0 radical (unpaired) electrons. The minimum atomic E-state index is -0.128. The molecule has 2 rings (SSSR count). The van der Waals surface area contributed by atoms with E-state index in [-0.39, 0.29) is 22.9 Å². The minimum absolute atomic E-state index is 0.0977. The molecule has 0 bridgehead atoms. The van der Waals surface area contributed by atoms with Gasteiger partial charge in [-0.15, -0.1) is 0 Å². The smallest absolute Gasteiger partial charge is 0.229 e. The van der Waals surface area contributed by atoms with E-state index in [1.807, 2.05) is 48.6 Å². The summed E-state index contributed by atoms with van der Waals surface area (Å²) in [6.07, 6.45) is 9.42. The molecule has 0 heterocycles. The monoisotopic (exact) mass is 401 g/mol. The van der Waals surface area contributed by atoms with Crippen LogP contribution in [0.15, 0.2) is 59.8 Å². The highest BCUT2D eigenvalue weighted by atomic mass is 32.2. The zero-order chi connectivity index (χ0) is 20.6. The Labute approximate surface area is 170 Å². The van der Waals surface area contributed by atoms with E-state index in [0.29, 0.717) is 5.70 Å². The first kappa shape index (κ1) is 21.9. The Bertz CT molecular complexity index is 812. The number of nitrogens with two attached hydrogens (primary N) is 2. The summed E-state index contributed by atoms with van der Waals surface area (Å²) in [7, 11) is 0. The first-order chi connectivity index (χ1) is 13.3.